The minimum atomic E-state index is -3.33. The molecular weight excluding hydrogens is 364 g/mol. The SMILES string of the molecule is C=C1C(CS(=O)(=O)Cc2ccccc2)=C(c2ccccc2)Cc2ccccc21. The highest BCUT2D eigenvalue weighted by Gasteiger charge is 2.26. The average molecular weight is 387 g/mol. The summed E-state index contributed by atoms with van der Waals surface area (Å²) in [6.45, 7) is 4.28. The van der Waals surface area contributed by atoms with E-state index in [1.807, 2.05) is 78.9 Å². The molecule has 0 radical (unpaired) electrons. The van der Waals surface area contributed by atoms with Gasteiger partial charge in [0.05, 0.1) is 11.5 Å². The maximum absolute atomic E-state index is 13.0. The van der Waals surface area contributed by atoms with Crippen LogP contribution in [0.15, 0.2) is 97.1 Å². The minimum absolute atomic E-state index is 0.000705. The number of fused-ring (bicyclic) bond motifs is 1. The second kappa shape index (κ2) is 7.61. The predicted octanol–water partition coefficient (Wildman–Crippen LogP) is 5.32. The molecule has 0 heterocycles. The van der Waals surface area contributed by atoms with Crippen molar-refractivity contribution in [2.45, 2.75) is 12.2 Å². The lowest BCUT2D eigenvalue weighted by atomic mass is 9.81. The molecule has 0 bridgehead atoms. The van der Waals surface area contributed by atoms with Crippen molar-refractivity contribution >= 4 is 21.0 Å². The van der Waals surface area contributed by atoms with Gasteiger partial charge in [0.15, 0.2) is 9.84 Å². The topological polar surface area (TPSA) is 34.1 Å². The molecule has 4 rings (SSSR count). The van der Waals surface area contributed by atoms with Crippen LogP contribution in [-0.4, -0.2) is 14.2 Å². The molecule has 0 spiro atoms. The van der Waals surface area contributed by atoms with E-state index in [-0.39, 0.29) is 11.5 Å². The molecule has 0 saturated heterocycles. The van der Waals surface area contributed by atoms with Crippen molar-refractivity contribution in [1.82, 2.24) is 0 Å². The zero-order valence-corrected chi connectivity index (χ0v) is 16.5. The highest BCUT2D eigenvalue weighted by Crippen LogP contribution is 2.39. The summed E-state index contributed by atoms with van der Waals surface area (Å²) in [6, 6.07) is 27.5. The lowest BCUT2D eigenvalue weighted by molar-refractivity contribution is 0.597. The van der Waals surface area contributed by atoms with Gasteiger partial charge in [-0.25, -0.2) is 8.42 Å². The number of hydrogen-bond donors (Lipinski definition) is 0. The Bertz CT molecular complexity index is 1140. The number of benzene rings is 3. The second-order valence-corrected chi connectivity index (χ2v) is 9.22. The Morgan fingerprint density at radius 2 is 1.36 bits per heavy atom. The lowest BCUT2D eigenvalue weighted by Crippen LogP contribution is -2.17. The maximum Gasteiger partial charge on any atom is 0.158 e. The van der Waals surface area contributed by atoms with Crippen LogP contribution in [0.5, 0.6) is 0 Å². The van der Waals surface area contributed by atoms with Crippen LogP contribution in [-0.2, 0) is 22.0 Å². The van der Waals surface area contributed by atoms with Gasteiger partial charge in [-0.1, -0.05) is 91.5 Å². The Morgan fingerprint density at radius 3 is 2.07 bits per heavy atom. The van der Waals surface area contributed by atoms with Crippen LogP contribution < -0.4 is 0 Å². The molecule has 0 unspecified atom stereocenters. The summed E-state index contributed by atoms with van der Waals surface area (Å²) in [5, 5.41) is 0. The van der Waals surface area contributed by atoms with Crippen LogP contribution in [0.2, 0.25) is 0 Å². The molecular formula is C25H22O2S. The summed E-state index contributed by atoms with van der Waals surface area (Å²) in [6.07, 6.45) is 0.718. The molecule has 3 heteroatoms. The fourth-order valence-corrected chi connectivity index (χ4v) is 5.39. The summed E-state index contributed by atoms with van der Waals surface area (Å²) in [4.78, 5) is 0. The summed E-state index contributed by atoms with van der Waals surface area (Å²) in [5.41, 5.74) is 6.82. The van der Waals surface area contributed by atoms with Gasteiger partial charge in [-0.15, -0.1) is 0 Å². The molecule has 0 aromatic heterocycles. The lowest BCUT2D eigenvalue weighted by Gasteiger charge is -2.26. The van der Waals surface area contributed by atoms with Crippen molar-refractivity contribution in [3.63, 3.8) is 0 Å². The quantitative estimate of drug-likeness (QED) is 0.594. The molecule has 1 aliphatic rings. The number of allylic oxidation sites excluding steroid dienone is 2. The molecule has 1 aliphatic carbocycles. The van der Waals surface area contributed by atoms with E-state index < -0.39 is 9.84 Å². The van der Waals surface area contributed by atoms with Crippen LogP contribution in [0.4, 0.5) is 0 Å². The predicted molar refractivity (Wildman–Crippen MR) is 116 cm³/mol. The summed E-state index contributed by atoms with van der Waals surface area (Å²) in [5.74, 6) is 0.0353. The standard InChI is InChI=1S/C25H22O2S/c1-19-23-15-9-8-14-22(23)16-24(21-12-6-3-7-13-21)25(19)18-28(26,27)17-20-10-4-2-5-11-20/h2-15H,1,16-18H2. The molecule has 0 aliphatic heterocycles. The van der Waals surface area contributed by atoms with E-state index in [0.717, 1.165) is 39.8 Å². The van der Waals surface area contributed by atoms with Gasteiger partial charge < -0.3 is 0 Å². The molecule has 3 aromatic rings. The summed E-state index contributed by atoms with van der Waals surface area (Å²) >= 11 is 0. The van der Waals surface area contributed by atoms with Gasteiger partial charge >= 0.3 is 0 Å². The first-order valence-corrected chi connectivity index (χ1v) is 11.1. The highest BCUT2D eigenvalue weighted by molar-refractivity contribution is 7.90. The monoisotopic (exact) mass is 386 g/mol. The van der Waals surface area contributed by atoms with Crippen LogP contribution in [0.3, 0.4) is 0 Å². The van der Waals surface area contributed by atoms with Crippen molar-refractivity contribution in [2.24, 2.45) is 0 Å². The number of sulfone groups is 1. The molecule has 0 fully saturated rings. The Hall–Kier alpha value is -2.91. The summed E-state index contributed by atoms with van der Waals surface area (Å²) in [7, 11) is -3.33. The van der Waals surface area contributed by atoms with Gasteiger partial charge in [-0.3, -0.25) is 0 Å². The Kier molecular flexibility index (Phi) is 5.01. The van der Waals surface area contributed by atoms with Crippen molar-refractivity contribution in [1.29, 1.82) is 0 Å². The van der Waals surface area contributed by atoms with Crippen LogP contribution in [0, 0.1) is 0 Å². The van der Waals surface area contributed by atoms with Crippen molar-refractivity contribution in [3.8, 4) is 0 Å². The molecule has 2 nitrogen and oxygen atoms in total. The van der Waals surface area contributed by atoms with E-state index >= 15 is 0 Å². The zero-order chi connectivity index (χ0) is 19.6. The van der Waals surface area contributed by atoms with Gasteiger partial charge in [0.1, 0.15) is 0 Å². The van der Waals surface area contributed by atoms with E-state index in [1.54, 1.807) is 0 Å². The third-order valence-corrected chi connectivity index (χ3v) is 6.66. The van der Waals surface area contributed by atoms with E-state index in [2.05, 4.69) is 12.6 Å². The van der Waals surface area contributed by atoms with Gasteiger partial charge in [-0.05, 0) is 45.4 Å². The average Bonchev–Trinajstić information content (AvgIpc) is 2.71. The first kappa shape index (κ1) is 18.5. The van der Waals surface area contributed by atoms with E-state index in [4.69, 9.17) is 0 Å². The molecule has 0 N–H and O–H groups in total. The smallest absolute Gasteiger partial charge is 0.158 e. The largest absolute Gasteiger partial charge is 0.228 e. The third-order valence-electron chi connectivity index (χ3n) is 5.15. The van der Waals surface area contributed by atoms with Crippen molar-refractivity contribution < 1.29 is 8.42 Å². The molecule has 0 saturated carbocycles. The number of rotatable bonds is 5. The Morgan fingerprint density at radius 1 is 0.750 bits per heavy atom. The minimum Gasteiger partial charge on any atom is -0.228 e. The molecule has 28 heavy (non-hydrogen) atoms. The zero-order valence-electron chi connectivity index (χ0n) is 15.6. The van der Waals surface area contributed by atoms with E-state index in [9.17, 15) is 8.42 Å². The maximum atomic E-state index is 13.0. The van der Waals surface area contributed by atoms with Crippen LogP contribution in [0.25, 0.3) is 11.1 Å². The Labute approximate surface area is 166 Å². The van der Waals surface area contributed by atoms with Gasteiger partial charge in [0.2, 0.25) is 0 Å². The molecule has 140 valence electrons. The Balaban J connectivity index is 1.76. The van der Waals surface area contributed by atoms with Crippen LogP contribution >= 0.6 is 0 Å². The van der Waals surface area contributed by atoms with Crippen LogP contribution in [0.1, 0.15) is 22.3 Å². The molecule has 0 atom stereocenters. The third kappa shape index (κ3) is 3.85. The van der Waals surface area contributed by atoms with Crippen molar-refractivity contribution in [2.75, 3.05) is 5.75 Å². The second-order valence-electron chi connectivity index (χ2n) is 7.15. The highest BCUT2D eigenvalue weighted by atomic mass is 32.2. The van der Waals surface area contributed by atoms with Gasteiger partial charge in [0, 0.05) is 0 Å². The first-order chi connectivity index (χ1) is 13.5. The number of hydrogen-bond acceptors (Lipinski definition) is 2. The van der Waals surface area contributed by atoms with E-state index in [1.165, 1.54) is 5.56 Å². The van der Waals surface area contributed by atoms with E-state index in [0.29, 0.717) is 0 Å². The van der Waals surface area contributed by atoms with Gasteiger partial charge in [0.25, 0.3) is 0 Å². The van der Waals surface area contributed by atoms with Crippen molar-refractivity contribution in [3.05, 3.63) is 119 Å². The summed E-state index contributed by atoms with van der Waals surface area (Å²) < 4.78 is 26.1. The fraction of sp³-hybridized carbons (Fsp3) is 0.120. The first-order valence-electron chi connectivity index (χ1n) is 9.33. The van der Waals surface area contributed by atoms with Gasteiger partial charge in [-0.2, -0.15) is 0 Å². The molecule has 0 amide bonds. The molecule has 3 aromatic carbocycles. The fourth-order valence-electron chi connectivity index (χ4n) is 3.80. The normalized spacial score (nSPS) is 14.1.